The van der Waals surface area contributed by atoms with E-state index in [4.69, 9.17) is 0 Å². The van der Waals surface area contributed by atoms with Crippen molar-refractivity contribution in [1.29, 1.82) is 5.26 Å². The van der Waals surface area contributed by atoms with Gasteiger partial charge < -0.3 is 4.90 Å². The molecule has 9 nitrogen and oxygen atoms in total. The van der Waals surface area contributed by atoms with Crippen LogP contribution in [0.2, 0.25) is 0 Å². The number of nitrogens with one attached hydrogen (secondary N) is 1. The zero-order valence-corrected chi connectivity index (χ0v) is 23.7. The molecule has 2 aromatic rings. The molecule has 5 rings (SSSR count). The van der Waals surface area contributed by atoms with Crippen LogP contribution in [0.1, 0.15) is 60.3 Å². The highest BCUT2D eigenvalue weighted by Gasteiger charge is 2.29. The Bertz CT molecular complexity index is 1150. The summed E-state index contributed by atoms with van der Waals surface area (Å²) in [4.78, 5) is 29.5. The number of hydrazine groups is 1. The van der Waals surface area contributed by atoms with Crippen LogP contribution in [0.4, 0.5) is 5.82 Å². The first-order valence-electron chi connectivity index (χ1n) is 13.8. The molecule has 202 valence electrons. The van der Waals surface area contributed by atoms with Crippen molar-refractivity contribution in [1.82, 2.24) is 30.1 Å². The van der Waals surface area contributed by atoms with E-state index >= 15 is 0 Å². The van der Waals surface area contributed by atoms with Crippen molar-refractivity contribution >= 4 is 27.7 Å². The summed E-state index contributed by atoms with van der Waals surface area (Å²) in [5.41, 5.74) is 4.88. The van der Waals surface area contributed by atoms with E-state index in [0.29, 0.717) is 21.9 Å². The van der Waals surface area contributed by atoms with E-state index in [1.165, 1.54) is 39.0 Å². The molecule has 2 saturated heterocycles. The number of likely N-dealkylation sites (N-methyl/N-ethyl adjacent to an activating group) is 1. The molecule has 1 aromatic carbocycles. The summed E-state index contributed by atoms with van der Waals surface area (Å²) in [6, 6.07) is 10.8. The number of aromatic nitrogens is 2. The first-order valence-corrected chi connectivity index (χ1v) is 14.6. The topological polar surface area (TPSA) is 91.6 Å². The molecular formula is C28H37BrN8O. The van der Waals surface area contributed by atoms with Crippen molar-refractivity contribution in [2.45, 2.75) is 57.2 Å². The zero-order chi connectivity index (χ0) is 26.5. The van der Waals surface area contributed by atoms with E-state index in [1.807, 2.05) is 29.3 Å². The molecule has 0 spiro atoms. The quantitative estimate of drug-likeness (QED) is 0.498. The number of carbonyl (C=O) groups excluding carboxylic acids is 1. The van der Waals surface area contributed by atoms with Crippen LogP contribution in [-0.4, -0.2) is 89.0 Å². The fourth-order valence-corrected chi connectivity index (χ4v) is 6.32. The summed E-state index contributed by atoms with van der Waals surface area (Å²) in [6.07, 6.45) is 8.11. The molecule has 0 unspecified atom stereocenters. The summed E-state index contributed by atoms with van der Waals surface area (Å²) < 4.78 is 0.650. The summed E-state index contributed by atoms with van der Waals surface area (Å²) in [5, 5.41) is 11.1. The number of piperidine rings is 1. The molecule has 1 saturated carbocycles. The van der Waals surface area contributed by atoms with E-state index < -0.39 is 0 Å². The van der Waals surface area contributed by atoms with Gasteiger partial charge in [0.05, 0.1) is 10.5 Å². The van der Waals surface area contributed by atoms with Crippen LogP contribution in [0, 0.1) is 11.3 Å². The predicted molar refractivity (Wildman–Crippen MR) is 150 cm³/mol. The van der Waals surface area contributed by atoms with Gasteiger partial charge in [0.1, 0.15) is 6.07 Å². The van der Waals surface area contributed by atoms with Gasteiger partial charge in [-0.3, -0.25) is 25.0 Å². The summed E-state index contributed by atoms with van der Waals surface area (Å²) in [6.45, 7) is 7.73. The lowest BCUT2D eigenvalue weighted by atomic mass is 10.0. The zero-order valence-electron chi connectivity index (χ0n) is 22.2. The Morgan fingerprint density at radius 3 is 2.58 bits per heavy atom. The maximum Gasteiger partial charge on any atom is 0.269 e. The predicted octanol–water partition coefficient (Wildman–Crippen LogP) is 3.42. The standard InChI is InChI=1S/C28H37BrN8O/c1-34-13-15-36(16-14-34)23-9-11-35(12-10-23)20-21-5-4-6-22(17-21)28(38)33-37(24-7-2-3-8-24)27-25(29)19-31-26(18-30)32-27/h4-6,17,19,23-24H,2-3,7-16,20H2,1H3,(H,33,38). The molecule has 1 amide bonds. The Kier molecular flexibility index (Phi) is 8.89. The fourth-order valence-electron chi connectivity index (χ4n) is 5.93. The van der Waals surface area contributed by atoms with E-state index in [2.05, 4.69) is 59.1 Å². The van der Waals surface area contributed by atoms with Crippen LogP contribution < -0.4 is 10.4 Å². The Morgan fingerprint density at radius 1 is 1.13 bits per heavy atom. The van der Waals surface area contributed by atoms with E-state index in [0.717, 1.165) is 50.9 Å². The maximum atomic E-state index is 13.4. The molecule has 1 aromatic heterocycles. The number of hydrogen-bond acceptors (Lipinski definition) is 8. The number of amides is 1. The van der Waals surface area contributed by atoms with Gasteiger partial charge in [-0.15, -0.1) is 0 Å². The van der Waals surface area contributed by atoms with E-state index in [9.17, 15) is 10.1 Å². The van der Waals surface area contributed by atoms with E-state index in [-0.39, 0.29) is 17.8 Å². The first-order chi connectivity index (χ1) is 18.5. The molecule has 3 aliphatic rings. The number of anilines is 1. The number of nitrogens with zero attached hydrogens (tertiary/aromatic N) is 7. The van der Waals surface area contributed by atoms with Crippen molar-refractivity contribution in [3.63, 3.8) is 0 Å². The first kappa shape index (κ1) is 27.0. The minimum Gasteiger partial charge on any atom is -0.304 e. The lowest BCUT2D eigenvalue weighted by molar-refractivity contribution is 0.0658. The summed E-state index contributed by atoms with van der Waals surface area (Å²) in [7, 11) is 2.21. The Morgan fingerprint density at radius 2 is 1.87 bits per heavy atom. The summed E-state index contributed by atoms with van der Waals surface area (Å²) in [5.74, 6) is 0.437. The highest BCUT2D eigenvalue weighted by atomic mass is 79.9. The molecule has 1 N–H and O–H groups in total. The van der Waals surface area contributed by atoms with Gasteiger partial charge >= 0.3 is 0 Å². The lowest BCUT2D eigenvalue weighted by Gasteiger charge is -2.42. The van der Waals surface area contributed by atoms with Crippen molar-refractivity contribution in [3.8, 4) is 6.07 Å². The van der Waals surface area contributed by atoms with Crippen LogP contribution >= 0.6 is 15.9 Å². The maximum absolute atomic E-state index is 13.4. The molecule has 0 atom stereocenters. The smallest absolute Gasteiger partial charge is 0.269 e. The van der Waals surface area contributed by atoms with Crippen molar-refractivity contribution in [2.24, 2.45) is 0 Å². The SMILES string of the molecule is CN1CCN(C2CCN(Cc3cccc(C(=O)NN(c4nc(C#N)ncc4Br)C4CCCC4)c3)CC2)CC1. The third kappa shape index (κ3) is 6.52. The molecule has 3 heterocycles. The number of nitriles is 1. The molecule has 3 fully saturated rings. The van der Waals surface area contributed by atoms with Crippen molar-refractivity contribution < 1.29 is 4.79 Å². The molecular weight excluding hydrogens is 544 g/mol. The molecule has 0 bridgehead atoms. The minimum atomic E-state index is -0.170. The number of likely N-dealkylation sites (tertiary alicyclic amines) is 1. The normalized spacial score (nSPS) is 20.3. The summed E-state index contributed by atoms with van der Waals surface area (Å²) >= 11 is 3.51. The molecule has 38 heavy (non-hydrogen) atoms. The van der Waals surface area contributed by atoms with Gasteiger partial charge in [-0.1, -0.05) is 25.0 Å². The average molecular weight is 582 g/mol. The average Bonchev–Trinajstić information content (AvgIpc) is 3.48. The Hall–Kier alpha value is -2.58. The van der Waals surface area contributed by atoms with Gasteiger partial charge in [0, 0.05) is 50.5 Å². The van der Waals surface area contributed by atoms with Crippen molar-refractivity contribution in [3.05, 3.63) is 51.9 Å². The van der Waals surface area contributed by atoms with Gasteiger partial charge in [-0.25, -0.2) is 4.98 Å². The Labute approximate surface area is 233 Å². The minimum absolute atomic E-state index is 0.0823. The molecule has 1 aliphatic carbocycles. The van der Waals surface area contributed by atoms with Crippen LogP contribution in [0.15, 0.2) is 34.9 Å². The number of rotatable bonds is 7. The van der Waals surface area contributed by atoms with Gasteiger partial charge in [0.15, 0.2) is 5.82 Å². The fraction of sp³-hybridized carbons (Fsp3) is 0.571. The van der Waals surface area contributed by atoms with Crippen LogP contribution in [0.5, 0.6) is 0 Å². The van der Waals surface area contributed by atoms with Crippen LogP contribution in [0.3, 0.4) is 0 Å². The third-order valence-corrected chi connectivity index (χ3v) is 8.73. The number of carbonyl (C=O) groups is 1. The van der Waals surface area contributed by atoms with Gasteiger partial charge in [-0.05, 0) is 79.4 Å². The molecule has 10 heteroatoms. The third-order valence-electron chi connectivity index (χ3n) is 8.17. The highest BCUT2D eigenvalue weighted by Crippen LogP contribution is 2.30. The van der Waals surface area contributed by atoms with Crippen LogP contribution in [-0.2, 0) is 6.54 Å². The van der Waals surface area contributed by atoms with Gasteiger partial charge in [-0.2, -0.15) is 10.2 Å². The monoisotopic (exact) mass is 580 g/mol. The van der Waals surface area contributed by atoms with Crippen LogP contribution in [0.25, 0.3) is 0 Å². The Balaban J connectivity index is 1.22. The van der Waals surface area contributed by atoms with Gasteiger partial charge in [0.2, 0.25) is 5.82 Å². The number of piperazine rings is 1. The van der Waals surface area contributed by atoms with Gasteiger partial charge in [0.25, 0.3) is 5.91 Å². The number of benzene rings is 1. The second kappa shape index (κ2) is 12.5. The lowest BCUT2D eigenvalue weighted by Crippen LogP contribution is -2.52. The second-order valence-corrected chi connectivity index (χ2v) is 11.6. The molecule has 0 radical (unpaired) electrons. The highest BCUT2D eigenvalue weighted by molar-refractivity contribution is 9.10. The number of halogens is 1. The molecule has 2 aliphatic heterocycles. The largest absolute Gasteiger partial charge is 0.304 e. The van der Waals surface area contributed by atoms with E-state index in [1.54, 1.807) is 6.20 Å². The van der Waals surface area contributed by atoms with Crippen molar-refractivity contribution in [2.75, 3.05) is 51.3 Å². The number of hydrogen-bond donors (Lipinski definition) is 1. The second-order valence-electron chi connectivity index (χ2n) is 10.8.